The molecule has 12 nitrogen and oxygen atoms in total. The van der Waals surface area contributed by atoms with Crippen LogP contribution in [0.25, 0.3) is 0 Å². The van der Waals surface area contributed by atoms with Crippen LogP contribution in [0.2, 0.25) is 0 Å². The smallest absolute Gasteiger partial charge is 0.335 e. The molecule has 0 spiro atoms. The van der Waals surface area contributed by atoms with Gasteiger partial charge < -0.3 is 30.6 Å². The molecule has 0 aliphatic carbocycles. The first-order chi connectivity index (χ1) is 16.8. The number of benzene rings is 3. The van der Waals surface area contributed by atoms with Crippen molar-refractivity contribution in [1.82, 2.24) is 0 Å². The summed E-state index contributed by atoms with van der Waals surface area (Å²) >= 11 is 0. The summed E-state index contributed by atoms with van der Waals surface area (Å²) in [5.74, 6) is -6.38. The van der Waals surface area contributed by atoms with Gasteiger partial charge in [0.25, 0.3) is 0 Å². The molecule has 3 aromatic rings. The van der Waals surface area contributed by atoms with E-state index >= 15 is 0 Å². The minimum absolute atomic E-state index is 0. The molecule has 0 aliphatic heterocycles. The molecule has 0 saturated carbocycles. The largest absolute Gasteiger partial charge is 0.478 e. The zero-order chi connectivity index (χ0) is 27.4. The fourth-order valence-electron chi connectivity index (χ4n) is 2.27. The summed E-state index contributed by atoms with van der Waals surface area (Å²) in [5, 5.41) is 50.8. The standard InChI is InChI=1S/3C8H6O4.2Fe/c3*9-7(10)5-1-2-6(4-3-5)8(11)12;;/h3*1-4H,(H,9,10)(H,11,12);;. The van der Waals surface area contributed by atoms with Crippen molar-refractivity contribution in [2.75, 3.05) is 0 Å². The van der Waals surface area contributed by atoms with E-state index in [1.165, 1.54) is 72.8 Å². The van der Waals surface area contributed by atoms with Gasteiger partial charge in [-0.2, -0.15) is 0 Å². The monoisotopic (exact) mass is 610 g/mol. The molecule has 0 radical (unpaired) electrons. The predicted octanol–water partition coefficient (Wildman–Crippen LogP) is 3.24. The summed E-state index contributed by atoms with van der Waals surface area (Å²) in [6, 6.07) is 15.1. The second kappa shape index (κ2) is 17.1. The van der Waals surface area contributed by atoms with Crippen LogP contribution in [0, 0.1) is 0 Å². The van der Waals surface area contributed by atoms with Crippen molar-refractivity contribution in [1.29, 1.82) is 0 Å². The normalized spacial score (nSPS) is 8.84. The minimum atomic E-state index is -1.06. The summed E-state index contributed by atoms with van der Waals surface area (Å²) in [6.07, 6.45) is 0. The average Bonchev–Trinajstić information content (AvgIpc) is 2.84. The molecule has 0 aromatic heterocycles. The van der Waals surface area contributed by atoms with Crippen LogP contribution in [0.4, 0.5) is 0 Å². The van der Waals surface area contributed by atoms with Crippen molar-refractivity contribution in [3.8, 4) is 0 Å². The second-order valence-electron chi connectivity index (χ2n) is 6.56. The Hall–Kier alpha value is -4.48. The number of carboxylic acid groups (broad SMARTS) is 6. The van der Waals surface area contributed by atoms with Gasteiger partial charge in [0, 0.05) is 34.1 Å². The van der Waals surface area contributed by atoms with E-state index in [0.29, 0.717) is 0 Å². The second-order valence-corrected chi connectivity index (χ2v) is 6.56. The molecular weight excluding hydrogens is 592 g/mol. The van der Waals surface area contributed by atoms with E-state index < -0.39 is 35.8 Å². The van der Waals surface area contributed by atoms with Crippen LogP contribution in [0.5, 0.6) is 0 Å². The predicted molar refractivity (Wildman–Crippen MR) is 121 cm³/mol. The molecule has 3 rings (SSSR count). The third-order valence-corrected chi connectivity index (χ3v) is 4.14. The van der Waals surface area contributed by atoms with Gasteiger partial charge in [-0.15, -0.1) is 0 Å². The van der Waals surface area contributed by atoms with Gasteiger partial charge in [-0.3, -0.25) is 0 Å². The van der Waals surface area contributed by atoms with Gasteiger partial charge >= 0.3 is 35.8 Å². The van der Waals surface area contributed by atoms with E-state index in [2.05, 4.69) is 0 Å². The third-order valence-electron chi connectivity index (χ3n) is 4.14. The quantitative estimate of drug-likeness (QED) is 0.221. The van der Waals surface area contributed by atoms with Gasteiger partial charge in [-0.25, -0.2) is 28.8 Å². The van der Waals surface area contributed by atoms with E-state index in [1.54, 1.807) is 0 Å². The Bertz CT molecular complexity index is 1010. The van der Waals surface area contributed by atoms with Gasteiger partial charge in [0.05, 0.1) is 33.4 Å². The molecule has 14 heteroatoms. The zero-order valence-electron chi connectivity index (χ0n) is 18.8. The van der Waals surface area contributed by atoms with Crippen LogP contribution in [-0.4, -0.2) is 66.5 Å². The summed E-state index contributed by atoms with van der Waals surface area (Å²) in [7, 11) is 0. The van der Waals surface area contributed by atoms with Crippen molar-refractivity contribution in [2.45, 2.75) is 0 Å². The summed E-state index contributed by atoms with van der Waals surface area (Å²) < 4.78 is 0. The van der Waals surface area contributed by atoms with Crippen LogP contribution in [0.1, 0.15) is 62.1 Å². The van der Waals surface area contributed by atoms with Gasteiger partial charge in [0.2, 0.25) is 0 Å². The molecular formula is C24H18Fe2O12. The molecule has 0 bridgehead atoms. The van der Waals surface area contributed by atoms with Gasteiger partial charge in [0.15, 0.2) is 0 Å². The molecule has 0 heterocycles. The molecule has 3 aromatic carbocycles. The Morgan fingerprint density at radius 1 is 0.289 bits per heavy atom. The molecule has 0 saturated heterocycles. The maximum absolute atomic E-state index is 10.3. The van der Waals surface area contributed by atoms with Crippen molar-refractivity contribution in [2.24, 2.45) is 0 Å². The number of aromatic carboxylic acids is 6. The maximum atomic E-state index is 10.3. The molecule has 0 aliphatic rings. The van der Waals surface area contributed by atoms with Crippen LogP contribution >= 0.6 is 0 Å². The fourth-order valence-corrected chi connectivity index (χ4v) is 2.27. The Morgan fingerprint density at radius 3 is 0.421 bits per heavy atom. The fraction of sp³-hybridized carbons (Fsp3) is 0. The van der Waals surface area contributed by atoms with E-state index in [1.807, 2.05) is 0 Å². The van der Waals surface area contributed by atoms with E-state index in [9.17, 15) is 28.8 Å². The molecule has 0 amide bonds. The molecule has 38 heavy (non-hydrogen) atoms. The SMILES string of the molecule is O=C(O)c1ccc(C(=O)O)cc1.O=C(O)c1ccc(C(=O)O)cc1.O=C(O)c1ccc(C(=O)O)cc1.[Fe].[Fe]. The number of hydrogen-bond acceptors (Lipinski definition) is 6. The van der Waals surface area contributed by atoms with Crippen LogP contribution in [0.15, 0.2) is 72.8 Å². The molecule has 0 unspecified atom stereocenters. The summed E-state index contributed by atoms with van der Waals surface area (Å²) in [5.41, 5.74) is 0.500. The van der Waals surface area contributed by atoms with Gasteiger partial charge in [-0.05, 0) is 72.8 Å². The van der Waals surface area contributed by atoms with Crippen molar-refractivity contribution in [3.05, 3.63) is 106 Å². The van der Waals surface area contributed by atoms with Crippen molar-refractivity contribution in [3.63, 3.8) is 0 Å². The Labute approximate surface area is 235 Å². The number of carboxylic acids is 6. The first-order valence-corrected chi connectivity index (χ1v) is 9.53. The van der Waals surface area contributed by atoms with Crippen LogP contribution < -0.4 is 0 Å². The number of rotatable bonds is 6. The topological polar surface area (TPSA) is 224 Å². The molecule has 202 valence electrons. The first kappa shape index (κ1) is 35.7. The Kier molecular flexibility index (Phi) is 16.0. The van der Waals surface area contributed by atoms with E-state index in [-0.39, 0.29) is 67.5 Å². The Morgan fingerprint density at radius 2 is 0.368 bits per heavy atom. The summed E-state index contributed by atoms with van der Waals surface area (Å²) in [4.78, 5) is 62.0. The van der Waals surface area contributed by atoms with Crippen LogP contribution in [-0.2, 0) is 34.1 Å². The van der Waals surface area contributed by atoms with Crippen molar-refractivity contribution >= 4 is 35.8 Å². The van der Waals surface area contributed by atoms with Gasteiger partial charge in [0.1, 0.15) is 0 Å². The minimum Gasteiger partial charge on any atom is -0.478 e. The van der Waals surface area contributed by atoms with E-state index in [0.717, 1.165) is 0 Å². The van der Waals surface area contributed by atoms with E-state index in [4.69, 9.17) is 30.6 Å². The summed E-state index contributed by atoms with van der Waals surface area (Å²) in [6.45, 7) is 0. The molecule has 0 atom stereocenters. The number of hydrogen-bond donors (Lipinski definition) is 6. The number of carbonyl (C=O) groups is 6. The van der Waals surface area contributed by atoms with Crippen molar-refractivity contribution < 1.29 is 93.5 Å². The van der Waals surface area contributed by atoms with Gasteiger partial charge in [-0.1, -0.05) is 0 Å². The third kappa shape index (κ3) is 12.0. The zero-order valence-corrected chi connectivity index (χ0v) is 21.0. The maximum Gasteiger partial charge on any atom is 0.335 e. The first-order valence-electron chi connectivity index (χ1n) is 9.53. The molecule has 0 fully saturated rings. The molecule has 6 N–H and O–H groups in total. The Balaban J connectivity index is 0. The average molecular weight is 610 g/mol. The van der Waals surface area contributed by atoms with Crippen LogP contribution in [0.3, 0.4) is 0 Å².